The Balaban J connectivity index is 2.09. The van der Waals surface area contributed by atoms with Crippen molar-refractivity contribution in [2.24, 2.45) is 5.84 Å². The zero-order chi connectivity index (χ0) is 14.5. The number of hydrogen-bond donors (Lipinski definition) is 2. The molecule has 4 heteroatoms. The number of nitrogens with two attached hydrogens (primary N) is 1. The topological polar surface area (TPSA) is 38.0 Å². The van der Waals surface area contributed by atoms with Crippen LogP contribution in [0.15, 0.2) is 42.5 Å². The van der Waals surface area contributed by atoms with Crippen LogP contribution in [0.4, 0.5) is 8.78 Å². The molecule has 2 aromatic carbocycles. The zero-order valence-corrected chi connectivity index (χ0v) is 11.4. The van der Waals surface area contributed by atoms with Crippen LogP contribution in [-0.4, -0.2) is 0 Å². The van der Waals surface area contributed by atoms with E-state index in [4.69, 9.17) is 5.84 Å². The Morgan fingerprint density at radius 2 is 1.80 bits per heavy atom. The number of halogens is 2. The van der Waals surface area contributed by atoms with Gasteiger partial charge in [0.1, 0.15) is 0 Å². The van der Waals surface area contributed by atoms with E-state index in [-0.39, 0.29) is 5.56 Å². The maximum atomic E-state index is 13.7. The van der Waals surface area contributed by atoms with E-state index < -0.39 is 17.7 Å². The molecule has 3 N–H and O–H groups in total. The second kappa shape index (κ2) is 6.59. The van der Waals surface area contributed by atoms with Gasteiger partial charge in [-0.25, -0.2) is 8.78 Å². The van der Waals surface area contributed by atoms with E-state index in [1.807, 2.05) is 31.2 Å². The highest BCUT2D eigenvalue weighted by molar-refractivity contribution is 5.24. The fraction of sp³-hybridized carbons (Fsp3) is 0.250. The quantitative estimate of drug-likeness (QED) is 0.649. The SMILES string of the molecule is Cc1ccc(CCC(NN)c2cccc(F)c2F)cc1. The van der Waals surface area contributed by atoms with Crippen molar-refractivity contribution in [1.82, 2.24) is 5.43 Å². The van der Waals surface area contributed by atoms with Gasteiger partial charge in [-0.05, 0) is 31.4 Å². The van der Waals surface area contributed by atoms with Gasteiger partial charge in [-0.2, -0.15) is 0 Å². The molecule has 2 rings (SSSR count). The molecule has 0 aliphatic rings. The summed E-state index contributed by atoms with van der Waals surface area (Å²) < 4.78 is 27.0. The molecule has 2 nitrogen and oxygen atoms in total. The summed E-state index contributed by atoms with van der Waals surface area (Å²) in [6, 6.07) is 11.9. The first-order chi connectivity index (χ1) is 9.61. The van der Waals surface area contributed by atoms with Crippen LogP contribution < -0.4 is 11.3 Å². The van der Waals surface area contributed by atoms with Crippen molar-refractivity contribution in [2.75, 3.05) is 0 Å². The van der Waals surface area contributed by atoms with Gasteiger partial charge < -0.3 is 0 Å². The summed E-state index contributed by atoms with van der Waals surface area (Å²) in [6.07, 6.45) is 1.34. The van der Waals surface area contributed by atoms with Gasteiger partial charge in [0, 0.05) is 11.6 Å². The van der Waals surface area contributed by atoms with Crippen molar-refractivity contribution in [3.8, 4) is 0 Å². The van der Waals surface area contributed by atoms with E-state index in [1.165, 1.54) is 11.6 Å². The molecule has 2 aromatic rings. The van der Waals surface area contributed by atoms with Crippen LogP contribution in [0.2, 0.25) is 0 Å². The van der Waals surface area contributed by atoms with Crippen molar-refractivity contribution >= 4 is 0 Å². The highest BCUT2D eigenvalue weighted by Gasteiger charge is 2.16. The number of nitrogens with one attached hydrogen (secondary N) is 1. The molecule has 0 fully saturated rings. The Kier molecular flexibility index (Phi) is 4.82. The molecule has 0 bridgehead atoms. The zero-order valence-electron chi connectivity index (χ0n) is 11.4. The molecule has 0 radical (unpaired) electrons. The number of rotatable bonds is 5. The second-order valence-electron chi connectivity index (χ2n) is 4.89. The van der Waals surface area contributed by atoms with Gasteiger partial charge in [-0.1, -0.05) is 42.0 Å². The fourth-order valence-electron chi connectivity index (χ4n) is 2.18. The van der Waals surface area contributed by atoms with Crippen LogP contribution in [0, 0.1) is 18.6 Å². The highest BCUT2D eigenvalue weighted by Crippen LogP contribution is 2.23. The third-order valence-electron chi connectivity index (χ3n) is 3.40. The first kappa shape index (κ1) is 14.6. The average molecular weight is 276 g/mol. The predicted octanol–water partition coefficient (Wildman–Crippen LogP) is 3.41. The third-order valence-corrected chi connectivity index (χ3v) is 3.40. The highest BCUT2D eigenvalue weighted by atomic mass is 19.2. The molecule has 0 aliphatic heterocycles. The summed E-state index contributed by atoms with van der Waals surface area (Å²) in [5, 5.41) is 0. The molecule has 0 saturated heterocycles. The Bertz CT molecular complexity index is 567. The minimum atomic E-state index is -0.849. The summed E-state index contributed by atoms with van der Waals surface area (Å²) in [5.74, 6) is 3.79. The molecule has 0 saturated carbocycles. The minimum absolute atomic E-state index is 0.264. The molecule has 0 spiro atoms. The smallest absolute Gasteiger partial charge is 0.163 e. The van der Waals surface area contributed by atoms with Crippen molar-refractivity contribution in [1.29, 1.82) is 0 Å². The second-order valence-corrected chi connectivity index (χ2v) is 4.89. The predicted molar refractivity (Wildman–Crippen MR) is 75.9 cm³/mol. The number of hydrazine groups is 1. The largest absolute Gasteiger partial charge is 0.271 e. The lowest BCUT2D eigenvalue weighted by atomic mass is 9.98. The van der Waals surface area contributed by atoms with Gasteiger partial charge in [0.05, 0.1) is 0 Å². The molecular formula is C16H18F2N2. The lowest BCUT2D eigenvalue weighted by Crippen LogP contribution is -2.29. The van der Waals surface area contributed by atoms with Crippen molar-refractivity contribution in [2.45, 2.75) is 25.8 Å². The van der Waals surface area contributed by atoms with Crippen LogP contribution in [0.25, 0.3) is 0 Å². The van der Waals surface area contributed by atoms with E-state index in [2.05, 4.69) is 5.43 Å². The van der Waals surface area contributed by atoms with Crippen LogP contribution >= 0.6 is 0 Å². The Morgan fingerprint density at radius 1 is 1.10 bits per heavy atom. The van der Waals surface area contributed by atoms with Crippen molar-refractivity contribution in [3.05, 3.63) is 70.8 Å². The Morgan fingerprint density at radius 3 is 2.45 bits per heavy atom. The van der Waals surface area contributed by atoms with Crippen LogP contribution in [0.5, 0.6) is 0 Å². The number of benzene rings is 2. The van der Waals surface area contributed by atoms with E-state index in [0.29, 0.717) is 6.42 Å². The number of hydrogen-bond acceptors (Lipinski definition) is 2. The number of aryl methyl sites for hydroxylation is 2. The van der Waals surface area contributed by atoms with Crippen molar-refractivity contribution in [3.63, 3.8) is 0 Å². The fourth-order valence-corrected chi connectivity index (χ4v) is 2.18. The summed E-state index contributed by atoms with van der Waals surface area (Å²) in [4.78, 5) is 0. The van der Waals surface area contributed by atoms with Crippen LogP contribution in [0.1, 0.15) is 29.2 Å². The van der Waals surface area contributed by atoms with Gasteiger partial charge in [0.25, 0.3) is 0 Å². The summed E-state index contributed by atoms with van der Waals surface area (Å²) in [6.45, 7) is 2.02. The lowest BCUT2D eigenvalue weighted by molar-refractivity contribution is 0.452. The van der Waals surface area contributed by atoms with E-state index >= 15 is 0 Å². The van der Waals surface area contributed by atoms with Gasteiger partial charge in [0.2, 0.25) is 0 Å². The lowest BCUT2D eigenvalue weighted by Gasteiger charge is -2.17. The molecular weight excluding hydrogens is 258 g/mol. The van der Waals surface area contributed by atoms with E-state index in [0.717, 1.165) is 18.1 Å². The average Bonchev–Trinajstić information content (AvgIpc) is 2.45. The normalized spacial score (nSPS) is 12.4. The van der Waals surface area contributed by atoms with Gasteiger partial charge >= 0.3 is 0 Å². The molecule has 0 aromatic heterocycles. The molecule has 0 aliphatic carbocycles. The van der Waals surface area contributed by atoms with Crippen LogP contribution in [0.3, 0.4) is 0 Å². The monoisotopic (exact) mass is 276 g/mol. The molecule has 20 heavy (non-hydrogen) atoms. The maximum Gasteiger partial charge on any atom is 0.163 e. The van der Waals surface area contributed by atoms with E-state index in [1.54, 1.807) is 6.07 Å². The van der Waals surface area contributed by atoms with Crippen LogP contribution in [-0.2, 0) is 6.42 Å². The summed E-state index contributed by atoms with van der Waals surface area (Å²) in [5.41, 5.74) is 5.16. The van der Waals surface area contributed by atoms with Gasteiger partial charge in [0.15, 0.2) is 11.6 Å². The first-order valence-electron chi connectivity index (χ1n) is 6.57. The van der Waals surface area contributed by atoms with Gasteiger partial charge in [-0.3, -0.25) is 11.3 Å². The van der Waals surface area contributed by atoms with Crippen molar-refractivity contribution < 1.29 is 8.78 Å². The molecule has 1 atom stereocenters. The first-order valence-corrected chi connectivity index (χ1v) is 6.57. The molecule has 0 heterocycles. The molecule has 106 valence electrons. The third kappa shape index (κ3) is 3.40. The molecule has 0 amide bonds. The Hall–Kier alpha value is -1.78. The maximum absolute atomic E-state index is 13.7. The molecule has 1 unspecified atom stereocenters. The minimum Gasteiger partial charge on any atom is -0.271 e. The Labute approximate surface area is 117 Å². The van der Waals surface area contributed by atoms with E-state index in [9.17, 15) is 8.78 Å². The summed E-state index contributed by atoms with van der Waals surface area (Å²) >= 11 is 0. The summed E-state index contributed by atoms with van der Waals surface area (Å²) in [7, 11) is 0. The standard InChI is InChI=1S/C16H18F2N2/c1-11-5-7-12(8-6-11)9-10-15(20-19)13-3-2-4-14(17)16(13)18/h2-8,15,20H,9-10,19H2,1H3. The van der Waals surface area contributed by atoms with Gasteiger partial charge in [-0.15, -0.1) is 0 Å².